The van der Waals surface area contributed by atoms with Crippen LogP contribution >= 0.6 is 0 Å². The van der Waals surface area contributed by atoms with Crippen LogP contribution in [0.25, 0.3) is 0 Å². The molecule has 2 rings (SSSR count). The molecule has 1 N–H and O–H groups in total. The largest absolute Gasteiger partial charge is 0.508 e. The van der Waals surface area contributed by atoms with Crippen LogP contribution in [0.4, 0.5) is 0 Å². The lowest BCUT2D eigenvalue weighted by molar-refractivity contribution is 0.00578. The number of phenols is 1. The summed E-state index contributed by atoms with van der Waals surface area (Å²) >= 11 is 0. The van der Waals surface area contributed by atoms with Gasteiger partial charge in [0.2, 0.25) is 0 Å². The lowest BCUT2D eigenvalue weighted by atomic mass is 9.77. The van der Waals surface area contributed by atoms with Gasteiger partial charge in [0.05, 0.1) is 17.8 Å². The minimum atomic E-state index is -0.554. The molecule has 0 spiro atoms. The van der Waals surface area contributed by atoms with Gasteiger partial charge in [0, 0.05) is 12.6 Å². The first-order valence-corrected chi connectivity index (χ1v) is 6.43. The molecule has 0 amide bonds. The van der Waals surface area contributed by atoms with E-state index >= 15 is 0 Å². The average molecular weight is 264 g/mol. The summed E-state index contributed by atoms with van der Waals surface area (Å²) in [5.41, 5.74) is 0.793. The van der Waals surface area contributed by atoms with Crippen LogP contribution in [-0.4, -0.2) is 30.5 Å². The number of benzene rings is 1. The predicted octanol–water partition coefficient (Wildman–Crippen LogP) is 1.84. The molecule has 1 aromatic rings. The van der Waals surface area contributed by atoms with Crippen molar-refractivity contribution >= 4 is 12.6 Å². The van der Waals surface area contributed by atoms with Crippen molar-refractivity contribution in [3.05, 3.63) is 23.8 Å². The average Bonchev–Trinajstić information content (AvgIpc) is 2.51. The fourth-order valence-corrected chi connectivity index (χ4v) is 2.02. The van der Waals surface area contributed by atoms with E-state index in [-0.39, 0.29) is 5.75 Å². The first-order chi connectivity index (χ1) is 8.77. The van der Waals surface area contributed by atoms with Gasteiger partial charge < -0.3 is 19.2 Å². The zero-order valence-corrected chi connectivity index (χ0v) is 12.2. The number of hydrogen-bond donors (Lipinski definition) is 1. The molecule has 19 heavy (non-hydrogen) atoms. The Morgan fingerprint density at radius 1 is 1.16 bits per heavy atom. The smallest absolute Gasteiger partial charge is 0.498 e. The summed E-state index contributed by atoms with van der Waals surface area (Å²) in [7, 11) is 1.09. The third kappa shape index (κ3) is 2.64. The van der Waals surface area contributed by atoms with Crippen molar-refractivity contribution in [3.8, 4) is 5.75 Å². The third-order valence-corrected chi connectivity index (χ3v) is 3.91. The molecule has 0 aliphatic carbocycles. The van der Waals surface area contributed by atoms with Crippen LogP contribution < -0.4 is 5.46 Å². The van der Waals surface area contributed by atoms with Crippen LogP contribution in [0.5, 0.6) is 5.75 Å². The topological polar surface area (TPSA) is 47.9 Å². The highest BCUT2D eigenvalue weighted by molar-refractivity contribution is 6.63. The van der Waals surface area contributed by atoms with Crippen molar-refractivity contribution in [1.82, 2.24) is 0 Å². The van der Waals surface area contributed by atoms with Crippen molar-refractivity contribution in [3.63, 3.8) is 0 Å². The number of aromatic hydroxyl groups is 1. The highest BCUT2D eigenvalue weighted by Gasteiger charge is 2.52. The van der Waals surface area contributed by atoms with Crippen LogP contribution in [-0.2, 0) is 20.7 Å². The molecular weight excluding hydrogens is 243 g/mol. The lowest BCUT2D eigenvalue weighted by Gasteiger charge is -2.32. The molecule has 0 saturated carbocycles. The summed E-state index contributed by atoms with van der Waals surface area (Å²) in [6.07, 6.45) is 0. The maximum absolute atomic E-state index is 10.0. The Hall–Kier alpha value is -1.04. The molecule has 5 heteroatoms. The van der Waals surface area contributed by atoms with Crippen LogP contribution in [0, 0.1) is 0 Å². The van der Waals surface area contributed by atoms with Gasteiger partial charge in [-0.2, -0.15) is 0 Å². The Kier molecular flexibility index (Phi) is 3.64. The lowest BCUT2D eigenvalue weighted by Crippen LogP contribution is -2.41. The van der Waals surface area contributed by atoms with Crippen molar-refractivity contribution in [2.24, 2.45) is 0 Å². The van der Waals surface area contributed by atoms with E-state index in [2.05, 4.69) is 0 Å². The van der Waals surface area contributed by atoms with Crippen molar-refractivity contribution in [1.29, 1.82) is 0 Å². The molecular formula is C14H21BO4. The van der Waals surface area contributed by atoms with Crippen LogP contribution in [0.1, 0.15) is 33.3 Å². The molecule has 1 heterocycles. The highest BCUT2D eigenvalue weighted by Crippen LogP contribution is 2.37. The molecule has 1 aromatic carbocycles. The molecule has 0 aromatic heterocycles. The summed E-state index contributed by atoms with van der Waals surface area (Å²) in [6, 6.07) is 5.34. The molecule has 4 nitrogen and oxygen atoms in total. The maximum Gasteiger partial charge on any atom is 0.498 e. The minimum Gasteiger partial charge on any atom is -0.508 e. The molecule has 104 valence electrons. The fourth-order valence-electron chi connectivity index (χ4n) is 2.02. The number of ether oxygens (including phenoxy) is 1. The summed E-state index contributed by atoms with van der Waals surface area (Å²) in [5.74, 6) is 0.179. The van der Waals surface area contributed by atoms with E-state index in [0.717, 1.165) is 5.56 Å². The second-order valence-electron chi connectivity index (χ2n) is 5.91. The SMILES string of the molecule is COCc1ccc(O)c(B2OC(C)(C)C(C)(C)O2)c1. The molecule has 0 bridgehead atoms. The zero-order chi connectivity index (χ0) is 14.3. The molecule has 1 saturated heterocycles. The van der Waals surface area contributed by atoms with E-state index in [4.69, 9.17) is 14.0 Å². The van der Waals surface area contributed by atoms with Gasteiger partial charge in [0.15, 0.2) is 0 Å². The monoisotopic (exact) mass is 264 g/mol. The van der Waals surface area contributed by atoms with Crippen molar-refractivity contribution < 1.29 is 19.2 Å². The molecule has 0 unspecified atom stereocenters. The first-order valence-electron chi connectivity index (χ1n) is 6.43. The van der Waals surface area contributed by atoms with Gasteiger partial charge >= 0.3 is 7.12 Å². The Labute approximate surface area is 114 Å². The summed E-state index contributed by atoms with van der Waals surface area (Å²) in [6.45, 7) is 8.45. The Morgan fingerprint density at radius 3 is 2.26 bits per heavy atom. The van der Waals surface area contributed by atoms with E-state index in [1.807, 2.05) is 39.8 Å². The second-order valence-corrected chi connectivity index (χ2v) is 5.91. The third-order valence-electron chi connectivity index (χ3n) is 3.91. The molecule has 1 aliphatic heterocycles. The summed E-state index contributed by atoms with van der Waals surface area (Å²) in [4.78, 5) is 0. The van der Waals surface area contributed by atoms with Gasteiger partial charge in [-0.3, -0.25) is 0 Å². The first kappa shape index (κ1) is 14.4. The van der Waals surface area contributed by atoms with E-state index < -0.39 is 18.3 Å². The van der Waals surface area contributed by atoms with Crippen LogP contribution in [0.15, 0.2) is 18.2 Å². The quantitative estimate of drug-likeness (QED) is 0.846. The fraction of sp³-hybridized carbons (Fsp3) is 0.571. The Morgan fingerprint density at radius 2 is 1.74 bits per heavy atom. The second kappa shape index (κ2) is 4.82. The van der Waals surface area contributed by atoms with Gasteiger partial charge in [-0.15, -0.1) is 0 Å². The van der Waals surface area contributed by atoms with Crippen LogP contribution in [0.2, 0.25) is 0 Å². The molecule has 0 radical (unpaired) electrons. The van der Waals surface area contributed by atoms with Gasteiger partial charge in [0.1, 0.15) is 5.75 Å². The molecule has 1 fully saturated rings. The summed E-state index contributed by atoms with van der Waals surface area (Å²) in [5, 5.41) is 10.0. The van der Waals surface area contributed by atoms with E-state index in [1.165, 1.54) is 0 Å². The zero-order valence-electron chi connectivity index (χ0n) is 12.2. The Bertz CT molecular complexity index is 455. The number of phenolic OH excluding ortho intramolecular Hbond substituents is 1. The van der Waals surface area contributed by atoms with Crippen molar-refractivity contribution in [2.75, 3.05) is 7.11 Å². The highest BCUT2D eigenvalue weighted by atomic mass is 16.7. The summed E-state index contributed by atoms with van der Waals surface area (Å²) < 4.78 is 17.0. The Balaban J connectivity index is 2.31. The van der Waals surface area contributed by atoms with Crippen LogP contribution in [0.3, 0.4) is 0 Å². The van der Waals surface area contributed by atoms with Crippen molar-refractivity contribution in [2.45, 2.75) is 45.5 Å². The standard InChI is InChI=1S/C14H21BO4/c1-13(2)14(3,4)19-15(18-13)11-8-10(9-17-5)6-7-12(11)16/h6-8,16H,9H2,1-5H3. The van der Waals surface area contributed by atoms with Gasteiger partial charge in [0.25, 0.3) is 0 Å². The molecule has 0 atom stereocenters. The van der Waals surface area contributed by atoms with Gasteiger partial charge in [-0.05, 0) is 39.3 Å². The normalized spacial score (nSPS) is 20.8. The number of rotatable bonds is 3. The van der Waals surface area contributed by atoms with E-state index in [9.17, 15) is 5.11 Å². The molecule has 1 aliphatic rings. The van der Waals surface area contributed by atoms with Gasteiger partial charge in [-0.1, -0.05) is 12.1 Å². The minimum absolute atomic E-state index is 0.179. The van der Waals surface area contributed by atoms with E-state index in [0.29, 0.717) is 12.1 Å². The number of hydrogen-bond acceptors (Lipinski definition) is 4. The number of methoxy groups -OCH3 is 1. The predicted molar refractivity (Wildman–Crippen MR) is 74.5 cm³/mol. The van der Waals surface area contributed by atoms with E-state index in [1.54, 1.807) is 13.2 Å². The van der Waals surface area contributed by atoms with Gasteiger partial charge in [-0.25, -0.2) is 0 Å². The maximum atomic E-state index is 10.0.